The summed E-state index contributed by atoms with van der Waals surface area (Å²) in [5.74, 6) is -0.895. The zero-order chi connectivity index (χ0) is 13.8. The Morgan fingerprint density at radius 3 is 2.16 bits per heavy atom. The van der Waals surface area contributed by atoms with Crippen LogP contribution in [0.4, 0.5) is 5.69 Å². The summed E-state index contributed by atoms with van der Waals surface area (Å²) < 4.78 is 0. The minimum absolute atomic E-state index is 0.315. The van der Waals surface area contributed by atoms with Crippen molar-refractivity contribution >= 4 is 11.7 Å². The van der Waals surface area contributed by atoms with Gasteiger partial charge in [0.1, 0.15) is 0 Å². The van der Waals surface area contributed by atoms with Crippen molar-refractivity contribution in [3.05, 3.63) is 64.7 Å². The van der Waals surface area contributed by atoms with E-state index < -0.39 is 5.97 Å². The normalized spacial score (nSPS) is 10.2. The molecule has 3 nitrogen and oxygen atoms in total. The van der Waals surface area contributed by atoms with Crippen LogP contribution in [0.15, 0.2) is 42.5 Å². The summed E-state index contributed by atoms with van der Waals surface area (Å²) in [6.45, 7) is 4.82. The molecule has 2 rings (SSSR count). The summed E-state index contributed by atoms with van der Waals surface area (Å²) in [5, 5.41) is 12.2. The molecular weight excluding hydrogens is 238 g/mol. The number of nitrogens with one attached hydrogen (secondary N) is 1. The molecule has 0 saturated heterocycles. The van der Waals surface area contributed by atoms with Gasteiger partial charge in [-0.15, -0.1) is 0 Å². The second-order valence-electron chi connectivity index (χ2n) is 4.73. The number of anilines is 1. The molecule has 0 unspecified atom stereocenters. The van der Waals surface area contributed by atoms with Crippen molar-refractivity contribution in [2.24, 2.45) is 0 Å². The summed E-state index contributed by atoms with van der Waals surface area (Å²) in [6, 6.07) is 13.2. The Morgan fingerprint density at radius 2 is 1.63 bits per heavy atom. The first-order valence-electron chi connectivity index (χ1n) is 6.19. The van der Waals surface area contributed by atoms with Gasteiger partial charge in [0.15, 0.2) is 0 Å². The largest absolute Gasteiger partial charge is 0.478 e. The van der Waals surface area contributed by atoms with Gasteiger partial charge in [0.2, 0.25) is 0 Å². The first kappa shape index (κ1) is 13.1. The minimum Gasteiger partial charge on any atom is -0.478 e. The quantitative estimate of drug-likeness (QED) is 0.877. The third-order valence-corrected chi connectivity index (χ3v) is 2.92. The topological polar surface area (TPSA) is 49.3 Å². The smallest absolute Gasteiger partial charge is 0.335 e. The van der Waals surface area contributed by atoms with Crippen LogP contribution in [-0.4, -0.2) is 11.1 Å². The summed E-state index contributed by atoms with van der Waals surface area (Å²) in [6.07, 6.45) is 0. The van der Waals surface area contributed by atoms with Crippen molar-refractivity contribution in [1.82, 2.24) is 0 Å². The molecule has 0 aliphatic heterocycles. The molecular formula is C16H17NO2. The number of carboxylic acids is 1. The predicted molar refractivity (Wildman–Crippen MR) is 76.6 cm³/mol. The molecule has 3 heteroatoms. The Labute approximate surface area is 112 Å². The molecule has 0 atom stereocenters. The lowest BCUT2D eigenvalue weighted by atomic mass is 10.1. The van der Waals surface area contributed by atoms with Crippen molar-refractivity contribution in [2.45, 2.75) is 20.4 Å². The molecule has 0 amide bonds. The van der Waals surface area contributed by atoms with Gasteiger partial charge in [-0.05, 0) is 54.8 Å². The van der Waals surface area contributed by atoms with Gasteiger partial charge < -0.3 is 10.4 Å². The Balaban J connectivity index is 2.03. The van der Waals surface area contributed by atoms with E-state index in [1.165, 1.54) is 11.1 Å². The molecule has 2 N–H and O–H groups in total. The van der Waals surface area contributed by atoms with Gasteiger partial charge in [0.05, 0.1) is 5.56 Å². The summed E-state index contributed by atoms with van der Waals surface area (Å²) in [5.41, 5.74) is 4.91. The Kier molecular flexibility index (Phi) is 3.85. The first-order chi connectivity index (χ1) is 9.04. The predicted octanol–water partition coefficient (Wildman–Crippen LogP) is 3.61. The Hall–Kier alpha value is -2.29. The van der Waals surface area contributed by atoms with Gasteiger partial charge >= 0.3 is 5.97 Å². The maximum atomic E-state index is 10.8. The van der Waals surface area contributed by atoms with Crippen molar-refractivity contribution in [2.75, 3.05) is 5.32 Å². The molecule has 0 heterocycles. The van der Waals surface area contributed by atoms with E-state index >= 15 is 0 Å². The fourth-order valence-corrected chi connectivity index (χ4v) is 2.05. The fourth-order valence-electron chi connectivity index (χ4n) is 2.05. The number of aromatic carboxylic acids is 1. The number of benzene rings is 2. The molecule has 0 radical (unpaired) electrons. The highest BCUT2D eigenvalue weighted by atomic mass is 16.4. The molecule has 19 heavy (non-hydrogen) atoms. The van der Waals surface area contributed by atoms with E-state index in [-0.39, 0.29) is 0 Å². The molecule has 2 aromatic carbocycles. The van der Waals surface area contributed by atoms with Gasteiger partial charge in [-0.1, -0.05) is 18.2 Å². The van der Waals surface area contributed by atoms with Gasteiger partial charge in [0, 0.05) is 12.2 Å². The van der Waals surface area contributed by atoms with Crippen LogP contribution in [0.5, 0.6) is 0 Å². The average Bonchev–Trinajstić information content (AvgIpc) is 2.36. The second kappa shape index (κ2) is 5.57. The summed E-state index contributed by atoms with van der Waals surface area (Å²) in [7, 11) is 0. The number of carbonyl (C=O) groups is 1. The average molecular weight is 255 g/mol. The molecule has 0 fully saturated rings. The van der Waals surface area contributed by atoms with E-state index in [0.29, 0.717) is 12.1 Å². The minimum atomic E-state index is -0.895. The van der Waals surface area contributed by atoms with E-state index in [9.17, 15) is 4.79 Å². The van der Waals surface area contributed by atoms with E-state index in [4.69, 9.17) is 5.11 Å². The monoisotopic (exact) mass is 255 g/mol. The fraction of sp³-hybridized carbons (Fsp3) is 0.188. The third-order valence-electron chi connectivity index (χ3n) is 2.92. The van der Waals surface area contributed by atoms with E-state index in [0.717, 1.165) is 11.3 Å². The standard InChI is InChI=1S/C16H17NO2/c1-11-7-12(2)9-15(8-11)17-10-13-3-5-14(6-4-13)16(18)19/h3-9,17H,10H2,1-2H3,(H,18,19). The highest BCUT2D eigenvalue weighted by Crippen LogP contribution is 2.15. The van der Waals surface area contributed by atoms with Crippen molar-refractivity contribution in [3.8, 4) is 0 Å². The van der Waals surface area contributed by atoms with Gasteiger partial charge in [0.25, 0.3) is 0 Å². The number of rotatable bonds is 4. The SMILES string of the molecule is Cc1cc(C)cc(NCc2ccc(C(=O)O)cc2)c1. The highest BCUT2D eigenvalue weighted by molar-refractivity contribution is 5.87. The highest BCUT2D eigenvalue weighted by Gasteiger charge is 2.02. The number of hydrogen-bond donors (Lipinski definition) is 2. The molecule has 98 valence electrons. The lowest BCUT2D eigenvalue weighted by Gasteiger charge is -2.09. The van der Waals surface area contributed by atoms with Crippen LogP contribution >= 0.6 is 0 Å². The lowest BCUT2D eigenvalue weighted by Crippen LogP contribution is -2.01. The summed E-state index contributed by atoms with van der Waals surface area (Å²) in [4.78, 5) is 10.8. The van der Waals surface area contributed by atoms with Crippen molar-refractivity contribution in [1.29, 1.82) is 0 Å². The van der Waals surface area contributed by atoms with Crippen LogP contribution in [0.3, 0.4) is 0 Å². The zero-order valence-electron chi connectivity index (χ0n) is 11.1. The molecule has 0 aliphatic carbocycles. The molecule has 2 aromatic rings. The van der Waals surface area contributed by atoms with Crippen LogP contribution in [0.1, 0.15) is 27.0 Å². The second-order valence-corrected chi connectivity index (χ2v) is 4.73. The molecule has 0 spiro atoms. The molecule has 0 saturated carbocycles. The molecule has 0 bridgehead atoms. The third kappa shape index (κ3) is 3.58. The van der Waals surface area contributed by atoms with E-state index in [1.54, 1.807) is 12.1 Å². The van der Waals surface area contributed by atoms with Crippen LogP contribution in [0, 0.1) is 13.8 Å². The number of hydrogen-bond acceptors (Lipinski definition) is 2. The van der Waals surface area contributed by atoms with Crippen LogP contribution < -0.4 is 5.32 Å². The van der Waals surface area contributed by atoms with Gasteiger partial charge in [-0.3, -0.25) is 0 Å². The number of carboxylic acid groups (broad SMARTS) is 1. The van der Waals surface area contributed by atoms with Gasteiger partial charge in [-0.2, -0.15) is 0 Å². The van der Waals surface area contributed by atoms with Crippen LogP contribution in [0.25, 0.3) is 0 Å². The molecule has 0 aromatic heterocycles. The lowest BCUT2D eigenvalue weighted by molar-refractivity contribution is 0.0697. The van der Waals surface area contributed by atoms with E-state index in [1.807, 2.05) is 12.1 Å². The Bertz CT molecular complexity index is 568. The molecule has 0 aliphatic rings. The number of aryl methyl sites for hydroxylation is 2. The van der Waals surface area contributed by atoms with E-state index in [2.05, 4.69) is 37.4 Å². The van der Waals surface area contributed by atoms with Gasteiger partial charge in [-0.25, -0.2) is 4.79 Å². The zero-order valence-corrected chi connectivity index (χ0v) is 11.1. The van der Waals surface area contributed by atoms with Crippen molar-refractivity contribution in [3.63, 3.8) is 0 Å². The van der Waals surface area contributed by atoms with Crippen molar-refractivity contribution < 1.29 is 9.90 Å². The van der Waals surface area contributed by atoms with Crippen LogP contribution in [0.2, 0.25) is 0 Å². The maximum Gasteiger partial charge on any atom is 0.335 e. The first-order valence-corrected chi connectivity index (χ1v) is 6.19. The summed E-state index contributed by atoms with van der Waals surface area (Å²) >= 11 is 0. The Morgan fingerprint density at radius 1 is 1.05 bits per heavy atom. The maximum absolute atomic E-state index is 10.8. The van der Waals surface area contributed by atoms with Crippen LogP contribution in [-0.2, 0) is 6.54 Å².